The SMILES string of the molecule is Cc1ccc(F)c(C(O)(C(N)=O)c2ccccc2)c1F. The Hall–Kier alpha value is -2.27. The second-order valence-corrected chi connectivity index (χ2v) is 4.49. The molecule has 0 aliphatic rings. The van der Waals surface area contributed by atoms with E-state index in [1.807, 2.05) is 0 Å². The largest absolute Gasteiger partial charge is 0.372 e. The molecular formula is C15H13F2NO2. The van der Waals surface area contributed by atoms with Gasteiger partial charge in [-0.15, -0.1) is 0 Å². The van der Waals surface area contributed by atoms with Gasteiger partial charge in [0.2, 0.25) is 0 Å². The maximum atomic E-state index is 14.2. The van der Waals surface area contributed by atoms with Crippen LogP contribution in [0.3, 0.4) is 0 Å². The third kappa shape index (κ3) is 2.06. The average molecular weight is 277 g/mol. The van der Waals surface area contributed by atoms with Crippen LogP contribution < -0.4 is 5.73 Å². The Morgan fingerprint density at radius 2 is 1.75 bits per heavy atom. The van der Waals surface area contributed by atoms with Crippen LogP contribution in [0.1, 0.15) is 16.7 Å². The summed E-state index contributed by atoms with van der Waals surface area (Å²) in [6, 6.07) is 9.70. The lowest BCUT2D eigenvalue weighted by molar-refractivity contribution is -0.133. The van der Waals surface area contributed by atoms with Gasteiger partial charge in [0.05, 0.1) is 5.56 Å². The fraction of sp³-hybridized carbons (Fsp3) is 0.133. The lowest BCUT2D eigenvalue weighted by Crippen LogP contribution is -2.43. The van der Waals surface area contributed by atoms with Gasteiger partial charge < -0.3 is 10.8 Å². The molecule has 0 aromatic heterocycles. The number of nitrogens with two attached hydrogens (primary N) is 1. The zero-order valence-corrected chi connectivity index (χ0v) is 10.7. The molecule has 0 saturated carbocycles. The minimum absolute atomic E-state index is 0.0101. The Balaban J connectivity index is 2.80. The predicted molar refractivity (Wildman–Crippen MR) is 69.7 cm³/mol. The molecule has 1 amide bonds. The van der Waals surface area contributed by atoms with Gasteiger partial charge in [0.1, 0.15) is 11.6 Å². The first kappa shape index (κ1) is 14.1. The molecule has 0 aliphatic carbocycles. The van der Waals surface area contributed by atoms with Crippen LogP contribution in [-0.4, -0.2) is 11.0 Å². The van der Waals surface area contributed by atoms with E-state index in [4.69, 9.17) is 5.73 Å². The number of hydrogen-bond acceptors (Lipinski definition) is 2. The lowest BCUT2D eigenvalue weighted by Gasteiger charge is -2.27. The van der Waals surface area contributed by atoms with E-state index in [0.29, 0.717) is 0 Å². The summed E-state index contributed by atoms with van der Waals surface area (Å²) in [7, 11) is 0. The molecule has 0 saturated heterocycles. The first-order valence-electron chi connectivity index (χ1n) is 5.92. The highest BCUT2D eigenvalue weighted by Crippen LogP contribution is 2.34. The van der Waals surface area contributed by atoms with Gasteiger partial charge in [0, 0.05) is 0 Å². The Bertz CT molecular complexity index is 658. The van der Waals surface area contributed by atoms with E-state index in [-0.39, 0.29) is 11.1 Å². The molecule has 1 unspecified atom stereocenters. The van der Waals surface area contributed by atoms with E-state index in [1.54, 1.807) is 6.07 Å². The Kier molecular flexibility index (Phi) is 3.55. The second kappa shape index (κ2) is 5.02. The van der Waals surface area contributed by atoms with Crippen LogP contribution in [0, 0.1) is 18.6 Å². The fourth-order valence-electron chi connectivity index (χ4n) is 2.08. The summed E-state index contributed by atoms with van der Waals surface area (Å²) >= 11 is 0. The van der Waals surface area contributed by atoms with E-state index in [0.717, 1.165) is 6.07 Å². The number of hydrogen-bond donors (Lipinski definition) is 2. The van der Waals surface area contributed by atoms with Crippen molar-refractivity contribution in [3.63, 3.8) is 0 Å². The molecule has 0 aliphatic heterocycles. The van der Waals surface area contributed by atoms with Crippen LogP contribution in [-0.2, 0) is 10.4 Å². The van der Waals surface area contributed by atoms with Crippen LogP contribution >= 0.6 is 0 Å². The van der Waals surface area contributed by atoms with Crippen molar-refractivity contribution >= 4 is 5.91 Å². The number of halogens is 2. The van der Waals surface area contributed by atoms with Gasteiger partial charge in [-0.3, -0.25) is 4.79 Å². The molecule has 0 spiro atoms. The molecule has 0 bridgehead atoms. The number of rotatable bonds is 3. The number of carbonyl (C=O) groups is 1. The molecule has 5 heteroatoms. The molecule has 2 rings (SSSR count). The van der Waals surface area contributed by atoms with Crippen LogP contribution in [0.2, 0.25) is 0 Å². The van der Waals surface area contributed by atoms with Crippen molar-refractivity contribution in [3.8, 4) is 0 Å². The molecule has 20 heavy (non-hydrogen) atoms. The predicted octanol–water partition coefficient (Wildman–Crippen LogP) is 1.99. The average Bonchev–Trinajstić information content (AvgIpc) is 2.44. The number of carbonyl (C=O) groups excluding carboxylic acids is 1. The van der Waals surface area contributed by atoms with Crippen molar-refractivity contribution < 1.29 is 18.7 Å². The van der Waals surface area contributed by atoms with Crippen molar-refractivity contribution in [2.45, 2.75) is 12.5 Å². The van der Waals surface area contributed by atoms with Crippen molar-refractivity contribution in [1.82, 2.24) is 0 Å². The molecule has 3 N–H and O–H groups in total. The van der Waals surface area contributed by atoms with Gasteiger partial charge in [0.25, 0.3) is 5.91 Å². The van der Waals surface area contributed by atoms with Gasteiger partial charge in [-0.25, -0.2) is 8.78 Å². The minimum Gasteiger partial charge on any atom is -0.372 e. The first-order chi connectivity index (χ1) is 9.39. The highest BCUT2D eigenvalue weighted by Gasteiger charge is 2.43. The highest BCUT2D eigenvalue weighted by molar-refractivity contribution is 5.88. The Labute approximate surface area is 114 Å². The Morgan fingerprint density at radius 3 is 2.30 bits per heavy atom. The van der Waals surface area contributed by atoms with Gasteiger partial charge in [-0.1, -0.05) is 36.4 Å². The number of aliphatic hydroxyl groups is 1. The third-order valence-electron chi connectivity index (χ3n) is 3.19. The molecule has 3 nitrogen and oxygen atoms in total. The van der Waals surface area contributed by atoms with E-state index < -0.39 is 28.7 Å². The van der Waals surface area contributed by atoms with Gasteiger partial charge in [-0.05, 0) is 24.1 Å². The monoisotopic (exact) mass is 277 g/mol. The maximum absolute atomic E-state index is 14.2. The number of primary amides is 1. The second-order valence-electron chi connectivity index (χ2n) is 4.49. The molecule has 2 aromatic rings. The first-order valence-corrected chi connectivity index (χ1v) is 5.92. The summed E-state index contributed by atoms with van der Waals surface area (Å²) in [6.45, 7) is 1.41. The van der Waals surface area contributed by atoms with E-state index in [2.05, 4.69) is 0 Å². The third-order valence-corrected chi connectivity index (χ3v) is 3.19. The molecule has 2 aromatic carbocycles. The highest BCUT2D eigenvalue weighted by atomic mass is 19.1. The standard InChI is InChI=1S/C15H13F2NO2/c1-9-7-8-11(16)12(13(9)17)15(20,14(18)19)10-5-3-2-4-6-10/h2-8,20H,1H3,(H2,18,19). The summed E-state index contributed by atoms with van der Waals surface area (Å²) in [6.07, 6.45) is 0. The van der Waals surface area contributed by atoms with Crippen molar-refractivity contribution in [2.75, 3.05) is 0 Å². The zero-order valence-electron chi connectivity index (χ0n) is 10.7. The molecule has 1 atom stereocenters. The van der Waals surface area contributed by atoms with Crippen molar-refractivity contribution in [3.05, 3.63) is 70.8 Å². The van der Waals surface area contributed by atoms with Crippen LogP contribution in [0.4, 0.5) is 8.78 Å². The van der Waals surface area contributed by atoms with Crippen LogP contribution in [0.25, 0.3) is 0 Å². The summed E-state index contributed by atoms with van der Waals surface area (Å²) in [5.41, 5.74) is 2.01. The summed E-state index contributed by atoms with van der Waals surface area (Å²) < 4.78 is 28.2. The minimum atomic E-state index is -2.55. The normalized spacial score (nSPS) is 13.8. The molecular weight excluding hydrogens is 264 g/mol. The summed E-state index contributed by atoms with van der Waals surface area (Å²) in [4.78, 5) is 11.7. The molecule has 0 fully saturated rings. The number of amides is 1. The number of benzene rings is 2. The van der Waals surface area contributed by atoms with Gasteiger partial charge in [-0.2, -0.15) is 0 Å². The zero-order chi connectivity index (χ0) is 14.9. The van der Waals surface area contributed by atoms with E-state index in [1.165, 1.54) is 37.3 Å². The summed E-state index contributed by atoms with van der Waals surface area (Å²) in [5, 5.41) is 10.6. The van der Waals surface area contributed by atoms with Gasteiger partial charge in [0.15, 0.2) is 5.60 Å². The van der Waals surface area contributed by atoms with Crippen LogP contribution in [0.15, 0.2) is 42.5 Å². The molecule has 104 valence electrons. The van der Waals surface area contributed by atoms with Crippen molar-refractivity contribution in [1.29, 1.82) is 0 Å². The fourth-order valence-corrected chi connectivity index (χ4v) is 2.08. The van der Waals surface area contributed by atoms with E-state index >= 15 is 0 Å². The van der Waals surface area contributed by atoms with Crippen molar-refractivity contribution in [2.24, 2.45) is 5.73 Å². The van der Waals surface area contributed by atoms with E-state index in [9.17, 15) is 18.7 Å². The lowest BCUT2D eigenvalue weighted by atomic mass is 9.84. The quantitative estimate of drug-likeness (QED) is 0.901. The van der Waals surface area contributed by atoms with Crippen LogP contribution in [0.5, 0.6) is 0 Å². The maximum Gasteiger partial charge on any atom is 0.259 e. The number of aryl methyl sites for hydroxylation is 1. The molecule has 0 heterocycles. The topological polar surface area (TPSA) is 63.3 Å². The van der Waals surface area contributed by atoms with Gasteiger partial charge >= 0.3 is 0 Å². The molecule has 0 radical (unpaired) electrons. The Morgan fingerprint density at radius 1 is 1.15 bits per heavy atom. The smallest absolute Gasteiger partial charge is 0.259 e. The summed E-state index contributed by atoms with van der Waals surface area (Å²) in [5.74, 6) is -3.26.